The van der Waals surface area contributed by atoms with Gasteiger partial charge in [-0.2, -0.15) is 5.10 Å². The van der Waals surface area contributed by atoms with Crippen molar-refractivity contribution in [2.75, 3.05) is 6.54 Å². The number of urea groups is 1. The molecule has 116 valence electrons. The molecule has 21 heavy (non-hydrogen) atoms. The minimum atomic E-state index is -1.05. The van der Waals surface area contributed by atoms with Crippen LogP contribution in [0.3, 0.4) is 0 Å². The molecule has 1 atom stereocenters. The Balaban J connectivity index is 2.06. The van der Waals surface area contributed by atoms with E-state index in [2.05, 4.69) is 10.4 Å². The highest BCUT2D eigenvalue weighted by atomic mass is 16.4. The van der Waals surface area contributed by atoms with Crippen molar-refractivity contribution in [3.63, 3.8) is 0 Å². The van der Waals surface area contributed by atoms with Gasteiger partial charge in [0.2, 0.25) is 0 Å². The molecule has 0 aromatic carbocycles. The topological polar surface area (TPSA) is 87.5 Å². The zero-order valence-electron chi connectivity index (χ0n) is 12.5. The Morgan fingerprint density at radius 1 is 1.52 bits per heavy atom. The van der Waals surface area contributed by atoms with Crippen LogP contribution in [0.1, 0.15) is 38.3 Å². The number of hydrogen-bond donors (Lipinski definition) is 2. The summed E-state index contributed by atoms with van der Waals surface area (Å²) in [7, 11) is 1.80. The standard InChI is InChI=1S/C14H22N4O3/c1-3-6-14(12(19)20)7-4-9-18(14)13(21)15-10-11-5-8-16-17(11)2/h5,8H,3-4,6-7,9-10H2,1-2H3,(H,15,21)(H,19,20). The average Bonchev–Trinajstić information content (AvgIpc) is 3.04. The van der Waals surface area contributed by atoms with E-state index in [-0.39, 0.29) is 6.03 Å². The van der Waals surface area contributed by atoms with Gasteiger partial charge >= 0.3 is 12.0 Å². The van der Waals surface area contributed by atoms with Crippen molar-refractivity contribution < 1.29 is 14.7 Å². The summed E-state index contributed by atoms with van der Waals surface area (Å²) in [5.41, 5.74) is -0.176. The minimum Gasteiger partial charge on any atom is -0.479 e. The molecular weight excluding hydrogens is 272 g/mol. The molecule has 2 heterocycles. The van der Waals surface area contributed by atoms with Crippen LogP contribution in [0.15, 0.2) is 12.3 Å². The summed E-state index contributed by atoms with van der Waals surface area (Å²) in [6.45, 7) is 2.77. The molecule has 0 bridgehead atoms. The maximum Gasteiger partial charge on any atom is 0.329 e. The van der Waals surface area contributed by atoms with Gasteiger partial charge in [0, 0.05) is 19.8 Å². The summed E-state index contributed by atoms with van der Waals surface area (Å²) in [5.74, 6) is -0.905. The van der Waals surface area contributed by atoms with Crippen molar-refractivity contribution in [1.29, 1.82) is 0 Å². The van der Waals surface area contributed by atoms with Gasteiger partial charge in [-0.25, -0.2) is 9.59 Å². The van der Waals surface area contributed by atoms with Crippen LogP contribution in [0.5, 0.6) is 0 Å². The Hall–Kier alpha value is -2.05. The van der Waals surface area contributed by atoms with Crippen LogP contribution in [0.2, 0.25) is 0 Å². The van der Waals surface area contributed by atoms with Crippen molar-refractivity contribution in [1.82, 2.24) is 20.0 Å². The highest BCUT2D eigenvalue weighted by Gasteiger charge is 2.49. The molecule has 0 spiro atoms. The van der Waals surface area contributed by atoms with E-state index in [0.717, 1.165) is 18.5 Å². The van der Waals surface area contributed by atoms with Crippen molar-refractivity contribution in [3.8, 4) is 0 Å². The molecule has 7 nitrogen and oxygen atoms in total. The van der Waals surface area contributed by atoms with Crippen LogP contribution in [0.4, 0.5) is 4.79 Å². The maximum absolute atomic E-state index is 12.4. The highest BCUT2D eigenvalue weighted by molar-refractivity contribution is 5.87. The molecule has 1 unspecified atom stereocenters. The van der Waals surface area contributed by atoms with E-state index in [1.54, 1.807) is 17.9 Å². The first-order valence-electron chi connectivity index (χ1n) is 7.27. The van der Waals surface area contributed by atoms with E-state index in [1.165, 1.54) is 4.90 Å². The molecule has 2 amide bonds. The Morgan fingerprint density at radius 3 is 2.86 bits per heavy atom. The Labute approximate surface area is 123 Å². The third kappa shape index (κ3) is 2.86. The summed E-state index contributed by atoms with van der Waals surface area (Å²) >= 11 is 0. The number of aromatic nitrogens is 2. The van der Waals surface area contributed by atoms with E-state index in [0.29, 0.717) is 25.9 Å². The van der Waals surface area contributed by atoms with Gasteiger partial charge < -0.3 is 15.3 Å². The van der Waals surface area contributed by atoms with Crippen LogP contribution in [0, 0.1) is 0 Å². The fourth-order valence-corrected chi connectivity index (χ4v) is 3.01. The largest absolute Gasteiger partial charge is 0.479 e. The first-order valence-corrected chi connectivity index (χ1v) is 7.27. The van der Waals surface area contributed by atoms with Gasteiger partial charge in [-0.15, -0.1) is 0 Å². The lowest BCUT2D eigenvalue weighted by Crippen LogP contribution is -2.55. The predicted molar refractivity (Wildman–Crippen MR) is 76.7 cm³/mol. The van der Waals surface area contributed by atoms with E-state index in [4.69, 9.17) is 0 Å². The van der Waals surface area contributed by atoms with Crippen molar-refractivity contribution >= 4 is 12.0 Å². The Kier molecular flexibility index (Phi) is 4.50. The molecule has 1 aromatic heterocycles. The minimum absolute atomic E-state index is 0.315. The van der Waals surface area contributed by atoms with Gasteiger partial charge in [-0.05, 0) is 25.3 Å². The summed E-state index contributed by atoms with van der Waals surface area (Å²) in [5, 5.41) is 16.4. The van der Waals surface area contributed by atoms with Gasteiger partial charge in [0.1, 0.15) is 5.54 Å². The lowest BCUT2D eigenvalue weighted by atomic mass is 9.91. The van der Waals surface area contributed by atoms with E-state index in [1.807, 2.05) is 13.0 Å². The SMILES string of the molecule is CCCC1(C(=O)O)CCCN1C(=O)NCc1ccnn1C. The van der Waals surface area contributed by atoms with Crippen LogP contribution >= 0.6 is 0 Å². The molecule has 1 aliphatic heterocycles. The Morgan fingerprint density at radius 2 is 2.29 bits per heavy atom. The lowest BCUT2D eigenvalue weighted by Gasteiger charge is -2.34. The summed E-state index contributed by atoms with van der Waals surface area (Å²) in [4.78, 5) is 25.5. The van der Waals surface area contributed by atoms with Gasteiger partial charge in [0.05, 0.1) is 12.2 Å². The van der Waals surface area contributed by atoms with Gasteiger partial charge in [0.25, 0.3) is 0 Å². The van der Waals surface area contributed by atoms with Crippen molar-refractivity contribution in [3.05, 3.63) is 18.0 Å². The molecule has 1 saturated heterocycles. The number of carboxylic acid groups (broad SMARTS) is 1. The number of rotatable bonds is 5. The monoisotopic (exact) mass is 294 g/mol. The third-order valence-electron chi connectivity index (χ3n) is 4.14. The number of carbonyl (C=O) groups is 2. The number of hydrogen-bond acceptors (Lipinski definition) is 3. The third-order valence-corrected chi connectivity index (χ3v) is 4.14. The second-order valence-corrected chi connectivity index (χ2v) is 5.45. The van der Waals surface area contributed by atoms with Crippen LogP contribution < -0.4 is 5.32 Å². The number of nitrogens with one attached hydrogen (secondary N) is 1. The predicted octanol–water partition coefficient (Wildman–Crippen LogP) is 1.35. The van der Waals surface area contributed by atoms with Crippen LogP contribution in [-0.4, -0.2) is 43.9 Å². The van der Waals surface area contributed by atoms with Crippen LogP contribution in [-0.2, 0) is 18.4 Å². The average molecular weight is 294 g/mol. The summed E-state index contributed by atoms with van der Waals surface area (Å²) in [6.07, 6.45) is 4.13. The number of aryl methyl sites for hydroxylation is 1. The van der Waals surface area contributed by atoms with E-state index in [9.17, 15) is 14.7 Å². The molecule has 0 saturated carbocycles. The molecule has 1 fully saturated rings. The first kappa shape index (κ1) is 15.3. The number of amides is 2. The molecule has 0 radical (unpaired) electrons. The molecular formula is C14H22N4O3. The fourth-order valence-electron chi connectivity index (χ4n) is 3.01. The molecule has 2 rings (SSSR count). The van der Waals surface area contributed by atoms with Crippen molar-refractivity contribution in [2.24, 2.45) is 7.05 Å². The Bertz CT molecular complexity index is 528. The second-order valence-electron chi connectivity index (χ2n) is 5.45. The summed E-state index contributed by atoms with van der Waals surface area (Å²) < 4.78 is 1.68. The molecule has 0 aliphatic carbocycles. The van der Waals surface area contributed by atoms with Crippen molar-refractivity contribution in [2.45, 2.75) is 44.7 Å². The number of carboxylic acids is 1. The zero-order valence-corrected chi connectivity index (χ0v) is 12.5. The quantitative estimate of drug-likeness (QED) is 0.858. The molecule has 2 N–H and O–H groups in total. The van der Waals surface area contributed by atoms with Gasteiger partial charge in [0.15, 0.2) is 0 Å². The lowest BCUT2D eigenvalue weighted by molar-refractivity contribution is -0.148. The number of likely N-dealkylation sites (tertiary alicyclic amines) is 1. The van der Waals surface area contributed by atoms with Gasteiger partial charge in [-0.1, -0.05) is 13.3 Å². The van der Waals surface area contributed by atoms with Crippen LogP contribution in [0.25, 0.3) is 0 Å². The van der Waals surface area contributed by atoms with E-state index < -0.39 is 11.5 Å². The molecule has 1 aromatic rings. The highest BCUT2D eigenvalue weighted by Crippen LogP contribution is 2.34. The molecule has 7 heteroatoms. The summed E-state index contributed by atoms with van der Waals surface area (Å²) in [6, 6.07) is 1.50. The number of nitrogens with zero attached hydrogens (tertiary/aromatic N) is 3. The van der Waals surface area contributed by atoms with Gasteiger partial charge in [-0.3, -0.25) is 4.68 Å². The zero-order chi connectivity index (χ0) is 15.5. The smallest absolute Gasteiger partial charge is 0.329 e. The second kappa shape index (κ2) is 6.15. The number of aliphatic carboxylic acids is 1. The maximum atomic E-state index is 12.4. The normalized spacial score (nSPS) is 21.5. The molecule has 1 aliphatic rings. The number of carbonyl (C=O) groups excluding carboxylic acids is 1. The fraction of sp³-hybridized carbons (Fsp3) is 0.643. The first-order chi connectivity index (χ1) is 10.0. The van der Waals surface area contributed by atoms with E-state index >= 15 is 0 Å².